The second-order valence-electron chi connectivity index (χ2n) is 6.35. The SMILES string of the molecule is O=C(c1ccccc1)c1ccc(C(=O)O)c(CCCc2ccc(F)cc2)c1. The van der Waals surface area contributed by atoms with Gasteiger partial charge in [-0.05, 0) is 54.7 Å². The lowest BCUT2D eigenvalue weighted by Crippen LogP contribution is -2.07. The highest BCUT2D eigenvalue weighted by molar-refractivity contribution is 6.09. The summed E-state index contributed by atoms with van der Waals surface area (Å²) in [5.41, 5.74) is 2.87. The van der Waals surface area contributed by atoms with Crippen LogP contribution in [0.25, 0.3) is 0 Å². The molecule has 0 radical (unpaired) electrons. The van der Waals surface area contributed by atoms with Crippen LogP contribution in [0.1, 0.15) is 43.8 Å². The summed E-state index contributed by atoms with van der Waals surface area (Å²) in [5.74, 6) is -1.42. The Morgan fingerprint density at radius 1 is 0.815 bits per heavy atom. The Bertz CT molecular complexity index is 947. The lowest BCUT2D eigenvalue weighted by Gasteiger charge is -2.09. The third kappa shape index (κ3) is 4.67. The zero-order valence-electron chi connectivity index (χ0n) is 14.7. The summed E-state index contributed by atoms with van der Waals surface area (Å²) in [7, 11) is 0. The van der Waals surface area contributed by atoms with Gasteiger partial charge in [0.05, 0.1) is 5.56 Å². The van der Waals surface area contributed by atoms with Crippen molar-refractivity contribution in [1.82, 2.24) is 0 Å². The van der Waals surface area contributed by atoms with E-state index in [0.717, 1.165) is 5.56 Å². The van der Waals surface area contributed by atoms with Gasteiger partial charge in [-0.2, -0.15) is 0 Å². The maximum Gasteiger partial charge on any atom is 0.335 e. The number of aromatic carboxylic acids is 1. The van der Waals surface area contributed by atoms with Crippen LogP contribution in [0.3, 0.4) is 0 Å². The minimum Gasteiger partial charge on any atom is -0.478 e. The Hall–Kier alpha value is -3.27. The number of rotatable bonds is 7. The van der Waals surface area contributed by atoms with Crippen LogP contribution >= 0.6 is 0 Å². The summed E-state index contributed by atoms with van der Waals surface area (Å²) in [4.78, 5) is 24.1. The monoisotopic (exact) mass is 362 g/mol. The third-order valence-electron chi connectivity index (χ3n) is 4.46. The standard InChI is InChI=1S/C23H19FO3/c24-20-12-9-16(10-13-20)5-4-8-18-15-19(11-14-21(18)23(26)27)22(25)17-6-2-1-3-7-17/h1-3,6-7,9-15H,4-5,8H2,(H,26,27). The molecule has 4 heteroatoms. The molecule has 0 aliphatic carbocycles. The molecule has 27 heavy (non-hydrogen) atoms. The Labute approximate surface area is 157 Å². The van der Waals surface area contributed by atoms with Gasteiger partial charge in [0.1, 0.15) is 5.82 Å². The van der Waals surface area contributed by atoms with E-state index < -0.39 is 5.97 Å². The Morgan fingerprint density at radius 2 is 1.52 bits per heavy atom. The number of carboxylic acids is 1. The van der Waals surface area contributed by atoms with Crippen LogP contribution in [0.4, 0.5) is 4.39 Å². The summed E-state index contributed by atoms with van der Waals surface area (Å²) in [6.07, 6.45) is 1.93. The summed E-state index contributed by atoms with van der Waals surface area (Å²) in [6.45, 7) is 0. The minimum atomic E-state index is -1.01. The largest absolute Gasteiger partial charge is 0.478 e. The summed E-state index contributed by atoms with van der Waals surface area (Å²) in [6, 6.07) is 19.9. The molecule has 3 aromatic rings. The van der Waals surface area contributed by atoms with Gasteiger partial charge in [-0.3, -0.25) is 4.79 Å². The van der Waals surface area contributed by atoms with E-state index in [4.69, 9.17) is 0 Å². The number of carbonyl (C=O) groups excluding carboxylic acids is 1. The fourth-order valence-corrected chi connectivity index (χ4v) is 3.04. The van der Waals surface area contributed by atoms with Gasteiger partial charge in [0.25, 0.3) is 0 Å². The number of hydrogen-bond donors (Lipinski definition) is 1. The molecule has 0 amide bonds. The normalized spacial score (nSPS) is 10.6. The van der Waals surface area contributed by atoms with Crippen LogP contribution in [-0.2, 0) is 12.8 Å². The van der Waals surface area contributed by atoms with Crippen molar-refractivity contribution >= 4 is 11.8 Å². The molecule has 136 valence electrons. The second kappa shape index (κ2) is 8.41. The molecule has 0 bridgehead atoms. The smallest absolute Gasteiger partial charge is 0.335 e. The molecule has 0 aliphatic rings. The van der Waals surface area contributed by atoms with Crippen LogP contribution in [0.5, 0.6) is 0 Å². The van der Waals surface area contributed by atoms with Crippen LogP contribution in [0.2, 0.25) is 0 Å². The van der Waals surface area contributed by atoms with Crippen LogP contribution in [-0.4, -0.2) is 16.9 Å². The van der Waals surface area contributed by atoms with Gasteiger partial charge >= 0.3 is 5.97 Å². The molecular formula is C23H19FO3. The maximum atomic E-state index is 13.0. The molecule has 0 saturated heterocycles. The fraction of sp³-hybridized carbons (Fsp3) is 0.130. The molecule has 0 aromatic heterocycles. The van der Waals surface area contributed by atoms with Crippen molar-refractivity contribution in [3.63, 3.8) is 0 Å². The average molecular weight is 362 g/mol. The molecule has 3 aromatic carbocycles. The summed E-state index contributed by atoms with van der Waals surface area (Å²) in [5, 5.41) is 9.43. The quantitative estimate of drug-likeness (QED) is 0.606. The summed E-state index contributed by atoms with van der Waals surface area (Å²) >= 11 is 0. The summed E-state index contributed by atoms with van der Waals surface area (Å²) < 4.78 is 13.0. The molecule has 0 aliphatic heterocycles. The van der Waals surface area contributed by atoms with Gasteiger partial charge in [0.2, 0.25) is 0 Å². The van der Waals surface area contributed by atoms with Crippen molar-refractivity contribution in [2.75, 3.05) is 0 Å². The van der Waals surface area contributed by atoms with E-state index in [1.165, 1.54) is 18.2 Å². The van der Waals surface area contributed by atoms with Gasteiger partial charge < -0.3 is 5.11 Å². The minimum absolute atomic E-state index is 0.132. The van der Waals surface area contributed by atoms with Crippen molar-refractivity contribution in [2.45, 2.75) is 19.3 Å². The van der Waals surface area contributed by atoms with Crippen molar-refractivity contribution in [3.8, 4) is 0 Å². The van der Waals surface area contributed by atoms with Crippen LogP contribution in [0, 0.1) is 5.82 Å². The topological polar surface area (TPSA) is 54.4 Å². The van der Waals surface area contributed by atoms with E-state index in [1.54, 1.807) is 48.5 Å². The fourth-order valence-electron chi connectivity index (χ4n) is 3.04. The number of benzene rings is 3. The number of halogens is 1. The maximum absolute atomic E-state index is 13.0. The van der Waals surface area contributed by atoms with E-state index in [1.807, 2.05) is 6.07 Å². The molecule has 3 nitrogen and oxygen atoms in total. The van der Waals surface area contributed by atoms with Crippen molar-refractivity contribution in [2.24, 2.45) is 0 Å². The van der Waals surface area contributed by atoms with E-state index in [0.29, 0.717) is 36.0 Å². The predicted octanol–water partition coefficient (Wildman–Crippen LogP) is 4.93. The highest BCUT2D eigenvalue weighted by atomic mass is 19.1. The Kier molecular flexibility index (Phi) is 5.77. The van der Waals surface area contributed by atoms with Crippen molar-refractivity contribution in [3.05, 3.63) is 106 Å². The van der Waals surface area contributed by atoms with E-state index in [9.17, 15) is 19.1 Å². The number of carbonyl (C=O) groups is 2. The molecule has 0 heterocycles. The average Bonchev–Trinajstić information content (AvgIpc) is 2.69. The molecule has 0 saturated carbocycles. The molecule has 0 unspecified atom stereocenters. The highest BCUT2D eigenvalue weighted by Crippen LogP contribution is 2.19. The zero-order valence-corrected chi connectivity index (χ0v) is 14.7. The van der Waals surface area contributed by atoms with Gasteiger partial charge in [-0.25, -0.2) is 9.18 Å². The van der Waals surface area contributed by atoms with E-state index >= 15 is 0 Å². The Morgan fingerprint density at radius 3 is 2.19 bits per heavy atom. The van der Waals surface area contributed by atoms with E-state index in [2.05, 4.69) is 0 Å². The van der Waals surface area contributed by atoms with Gasteiger partial charge in [0.15, 0.2) is 5.78 Å². The number of ketones is 1. The number of hydrogen-bond acceptors (Lipinski definition) is 2. The van der Waals surface area contributed by atoms with Gasteiger partial charge in [0, 0.05) is 11.1 Å². The predicted molar refractivity (Wildman–Crippen MR) is 102 cm³/mol. The molecule has 0 spiro atoms. The molecule has 0 fully saturated rings. The first-order valence-electron chi connectivity index (χ1n) is 8.75. The van der Waals surface area contributed by atoms with Gasteiger partial charge in [-0.1, -0.05) is 48.5 Å². The zero-order chi connectivity index (χ0) is 19.2. The highest BCUT2D eigenvalue weighted by Gasteiger charge is 2.15. The first-order chi connectivity index (χ1) is 13.0. The molecular weight excluding hydrogens is 343 g/mol. The van der Waals surface area contributed by atoms with Crippen LogP contribution < -0.4 is 0 Å². The lowest BCUT2D eigenvalue weighted by atomic mass is 9.94. The second-order valence-corrected chi connectivity index (χ2v) is 6.35. The molecule has 0 atom stereocenters. The molecule has 1 N–H and O–H groups in total. The van der Waals surface area contributed by atoms with Gasteiger partial charge in [-0.15, -0.1) is 0 Å². The van der Waals surface area contributed by atoms with Crippen molar-refractivity contribution < 1.29 is 19.1 Å². The number of carboxylic acid groups (broad SMARTS) is 1. The van der Waals surface area contributed by atoms with Crippen LogP contribution in [0.15, 0.2) is 72.8 Å². The molecule has 3 rings (SSSR count). The number of aryl methyl sites for hydroxylation is 2. The third-order valence-corrected chi connectivity index (χ3v) is 4.46. The Balaban J connectivity index is 1.78. The van der Waals surface area contributed by atoms with Crippen molar-refractivity contribution in [1.29, 1.82) is 0 Å². The first kappa shape index (κ1) is 18.5. The lowest BCUT2D eigenvalue weighted by molar-refractivity contribution is 0.0695. The van der Waals surface area contributed by atoms with E-state index in [-0.39, 0.29) is 17.2 Å². The first-order valence-corrected chi connectivity index (χ1v) is 8.75.